The zero-order chi connectivity index (χ0) is 8.72. The van der Waals surface area contributed by atoms with Gasteiger partial charge in [0, 0.05) is 12.5 Å². The van der Waals surface area contributed by atoms with Crippen LogP contribution in [0.5, 0.6) is 0 Å². The molecule has 0 bridgehead atoms. The number of carbonyl (C=O) groups is 2. The third kappa shape index (κ3) is 0.838. The zero-order valence-electron chi connectivity index (χ0n) is 6.95. The average molecular weight is 169 g/mol. The minimum atomic E-state index is -0.291. The van der Waals surface area contributed by atoms with E-state index in [1.54, 1.807) is 4.90 Å². The Morgan fingerprint density at radius 2 is 2.33 bits per heavy atom. The van der Waals surface area contributed by atoms with Gasteiger partial charge in [-0.1, -0.05) is 0 Å². The van der Waals surface area contributed by atoms with Gasteiger partial charge in [0.1, 0.15) is 6.04 Å². The summed E-state index contributed by atoms with van der Waals surface area (Å²) in [7, 11) is 1.36. The van der Waals surface area contributed by atoms with Gasteiger partial charge in [0.05, 0.1) is 7.11 Å². The van der Waals surface area contributed by atoms with Gasteiger partial charge in [-0.25, -0.2) is 4.79 Å². The Bertz CT molecular complexity index is 238. The van der Waals surface area contributed by atoms with E-state index in [4.69, 9.17) is 0 Å². The van der Waals surface area contributed by atoms with Gasteiger partial charge in [0.2, 0.25) is 5.91 Å². The molecule has 4 nitrogen and oxygen atoms in total. The van der Waals surface area contributed by atoms with Gasteiger partial charge in [-0.2, -0.15) is 0 Å². The topological polar surface area (TPSA) is 46.6 Å². The van der Waals surface area contributed by atoms with Crippen molar-refractivity contribution >= 4 is 11.9 Å². The van der Waals surface area contributed by atoms with Crippen LogP contribution < -0.4 is 0 Å². The number of β-lactam (4-membered cyclic amide) rings is 1. The lowest BCUT2D eigenvalue weighted by atomic mass is 10.0. The standard InChI is InChI=1S/C8H11NO3/c1-12-8(11)6-3-2-5-4-7(10)9(5)6/h5-6H,2-4H2,1H3. The Morgan fingerprint density at radius 1 is 1.58 bits per heavy atom. The highest BCUT2D eigenvalue weighted by Crippen LogP contribution is 2.35. The van der Waals surface area contributed by atoms with Crippen molar-refractivity contribution in [2.24, 2.45) is 0 Å². The van der Waals surface area contributed by atoms with Gasteiger partial charge in [-0.15, -0.1) is 0 Å². The molecule has 0 aromatic carbocycles. The zero-order valence-corrected chi connectivity index (χ0v) is 6.95. The van der Waals surface area contributed by atoms with Crippen molar-refractivity contribution in [2.75, 3.05) is 7.11 Å². The molecule has 0 radical (unpaired) electrons. The van der Waals surface area contributed by atoms with Gasteiger partial charge >= 0.3 is 5.97 Å². The number of nitrogens with zero attached hydrogens (tertiary/aromatic N) is 1. The number of rotatable bonds is 1. The van der Waals surface area contributed by atoms with Crippen LogP contribution in [0.15, 0.2) is 0 Å². The minimum Gasteiger partial charge on any atom is -0.467 e. The van der Waals surface area contributed by atoms with Crippen molar-refractivity contribution in [3.05, 3.63) is 0 Å². The van der Waals surface area contributed by atoms with Crippen molar-refractivity contribution in [1.29, 1.82) is 0 Å². The molecular weight excluding hydrogens is 158 g/mol. The highest BCUT2D eigenvalue weighted by Gasteiger charge is 2.48. The van der Waals surface area contributed by atoms with Crippen molar-refractivity contribution in [3.8, 4) is 0 Å². The third-order valence-electron chi connectivity index (χ3n) is 2.67. The molecule has 1 amide bonds. The van der Waals surface area contributed by atoms with E-state index in [9.17, 15) is 9.59 Å². The molecule has 2 aliphatic rings. The molecule has 66 valence electrons. The number of methoxy groups -OCH3 is 1. The fraction of sp³-hybridized carbons (Fsp3) is 0.750. The molecule has 12 heavy (non-hydrogen) atoms. The van der Waals surface area contributed by atoms with E-state index in [1.807, 2.05) is 0 Å². The summed E-state index contributed by atoms with van der Waals surface area (Å²) in [5.74, 6) is -0.182. The Balaban J connectivity index is 2.08. The number of ether oxygens (including phenoxy) is 1. The molecule has 2 aliphatic heterocycles. The summed E-state index contributed by atoms with van der Waals surface area (Å²) in [6.45, 7) is 0. The molecule has 2 fully saturated rings. The summed E-state index contributed by atoms with van der Waals surface area (Å²) in [4.78, 5) is 23.9. The largest absolute Gasteiger partial charge is 0.467 e. The average Bonchev–Trinajstić information content (AvgIpc) is 2.40. The molecule has 0 spiro atoms. The first-order chi connectivity index (χ1) is 5.74. The van der Waals surface area contributed by atoms with Crippen LogP contribution >= 0.6 is 0 Å². The maximum Gasteiger partial charge on any atom is 0.328 e. The first-order valence-electron chi connectivity index (χ1n) is 4.13. The smallest absolute Gasteiger partial charge is 0.328 e. The van der Waals surface area contributed by atoms with Crippen LogP contribution in [0.25, 0.3) is 0 Å². The monoisotopic (exact) mass is 169 g/mol. The summed E-state index contributed by atoms with van der Waals surface area (Å²) >= 11 is 0. The van der Waals surface area contributed by atoms with E-state index >= 15 is 0 Å². The fourth-order valence-electron chi connectivity index (χ4n) is 2.02. The van der Waals surface area contributed by atoms with E-state index in [-0.39, 0.29) is 17.9 Å². The molecule has 2 saturated heterocycles. The lowest BCUT2D eigenvalue weighted by Gasteiger charge is -2.37. The predicted octanol–water partition coefficient (Wildman–Crippen LogP) is -0.0773. The van der Waals surface area contributed by atoms with Crippen LogP contribution in [0.2, 0.25) is 0 Å². The molecule has 2 atom stereocenters. The molecule has 0 N–H and O–H groups in total. The third-order valence-corrected chi connectivity index (χ3v) is 2.67. The minimum absolute atomic E-state index is 0.0906. The summed E-state index contributed by atoms with van der Waals surface area (Å²) in [5.41, 5.74) is 0. The van der Waals surface area contributed by atoms with Crippen molar-refractivity contribution in [1.82, 2.24) is 4.90 Å². The maximum absolute atomic E-state index is 11.1. The molecule has 0 aromatic rings. The Labute approximate surface area is 70.5 Å². The van der Waals surface area contributed by atoms with Crippen LogP contribution in [0.4, 0.5) is 0 Å². The molecule has 2 rings (SSSR count). The second-order valence-electron chi connectivity index (χ2n) is 3.28. The summed E-state index contributed by atoms with van der Waals surface area (Å²) in [6.07, 6.45) is 2.34. The number of amides is 1. The van der Waals surface area contributed by atoms with Crippen LogP contribution in [0.3, 0.4) is 0 Å². The van der Waals surface area contributed by atoms with Gasteiger partial charge in [-0.05, 0) is 12.8 Å². The number of carbonyl (C=O) groups excluding carboxylic acids is 2. The normalized spacial score (nSPS) is 32.8. The number of esters is 1. The quantitative estimate of drug-likeness (QED) is 0.407. The van der Waals surface area contributed by atoms with Gasteiger partial charge in [0.25, 0.3) is 0 Å². The van der Waals surface area contributed by atoms with Crippen LogP contribution in [-0.2, 0) is 14.3 Å². The number of hydrogen-bond donors (Lipinski definition) is 0. The molecule has 0 aliphatic carbocycles. The summed E-state index contributed by atoms with van der Waals surface area (Å²) in [6, 6.07) is 0.0304. The van der Waals surface area contributed by atoms with Crippen LogP contribution in [0.1, 0.15) is 19.3 Å². The molecule has 0 saturated carbocycles. The molecule has 0 aromatic heterocycles. The van der Waals surface area contributed by atoms with Gasteiger partial charge < -0.3 is 9.64 Å². The predicted molar refractivity (Wildman–Crippen MR) is 40.3 cm³/mol. The van der Waals surface area contributed by atoms with E-state index in [0.717, 1.165) is 12.8 Å². The highest BCUT2D eigenvalue weighted by molar-refractivity contribution is 5.90. The van der Waals surface area contributed by atoms with Crippen molar-refractivity contribution < 1.29 is 14.3 Å². The highest BCUT2D eigenvalue weighted by atomic mass is 16.5. The summed E-state index contributed by atoms with van der Waals surface area (Å²) < 4.78 is 4.60. The Hall–Kier alpha value is -1.06. The first-order valence-corrected chi connectivity index (χ1v) is 4.13. The number of hydrogen-bond acceptors (Lipinski definition) is 3. The maximum atomic E-state index is 11.1. The van der Waals surface area contributed by atoms with E-state index in [0.29, 0.717) is 12.5 Å². The van der Waals surface area contributed by atoms with E-state index in [2.05, 4.69) is 4.74 Å². The van der Waals surface area contributed by atoms with Crippen LogP contribution in [0, 0.1) is 0 Å². The van der Waals surface area contributed by atoms with Crippen LogP contribution in [-0.4, -0.2) is 36.0 Å². The van der Waals surface area contributed by atoms with E-state index < -0.39 is 0 Å². The molecule has 4 heteroatoms. The summed E-state index contributed by atoms with van der Waals surface area (Å²) in [5, 5.41) is 0. The lowest BCUT2D eigenvalue weighted by molar-refractivity contribution is -0.158. The first kappa shape index (κ1) is 7.58. The molecule has 2 heterocycles. The fourth-order valence-corrected chi connectivity index (χ4v) is 2.02. The lowest BCUT2D eigenvalue weighted by Crippen LogP contribution is -2.54. The van der Waals surface area contributed by atoms with Gasteiger partial charge in [0.15, 0.2) is 0 Å². The second-order valence-corrected chi connectivity index (χ2v) is 3.28. The Morgan fingerprint density at radius 3 is 2.92 bits per heavy atom. The number of fused-ring (bicyclic) bond motifs is 1. The SMILES string of the molecule is COC(=O)C1CCC2CC(=O)N21. The van der Waals surface area contributed by atoms with Crippen molar-refractivity contribution in [2.45, 2.75) is 31.3 Å². The van der Waals surface area contributed by atoms with Gasteiger partial charge in [-0.3, -0.25) is 4.79 Å². The van der Waals surface area contributed by atoms with Crippen molar-refractivity contribution in [3.63, 3.8) is 0 Å². The second kappa shape index (κ2) is 2.47. The molecule has 2 unspecified atom stereocenters. The van der Waals surface area contributed by atoms with E-state index in [1.165, 1.54) is 7.11 Å². The molecular formula is C8H11NO3. The Kier molecular flexibility index (Phi) is 1.56.